The fourth-order valence-corrected chi connectivity index (χ4v) is 5.55. The number of amides is 1. The molecule has 1 unspecified atom stereocenters. The smallest absolute Gasteiger partial charge is 0.240 e. The highest BCUT2D eigenvalue weighted by atomic mass is 16.2. The summed E-state index contributed by atoms with van der Waals surface area (Å²) >= 11 is 0. The number of pyridine rings is 1. The molecule has 1 atom stereocenters. The zero-order valence-corrected chi connectivity index (χ0v) is 21.2. The first kappa shape index (κ1) is 24.7. The fourth-order valence-electron chi connectivity index (χ4n) is 5.55. The number of nitrogens with one attached hydrogen (secondary N) is 1. The van der Waals surface area contributed by atoms with E-state index in [0.29, 0.717) is 13.0 Å². The highest BCUT2D eigenvalue weighted by Gasteiger charge is 2.29. The van der Waals surface area contributed by atoms with Crippen LogP contribution in [0.3, 0.4) is 0 Å². The highest BCUT2D eigenvalue weighted by Crippen LogP contribution is 2.22. The SMILES string of the molecule is O=C(C(Cc1ccccc1)NCc1ccc(-c2ccccn2)cc1)N1CCC(CN2CCCC2)CC1. The summed E-state index contributed by atoms with van der Waals surface area (Å²) < 4.78 is 0. The van der Waals surface area contributed by atoms with Gasteiger partial charge in [0.1, 0.15) is 0 Å². The Morgan fingerprint density at radius 3 is 2.28 bits per heavy atom. The van der Waals surface area contributed by atoms with Gasteiger partial charge < -0.3 is 15.1 Å². The lowest BCUT2D eigenvalue weighted by molar-refractivity contribution is -0.135. The molecule has 2 aromatic carbocycles. The lowest BCUT2D eigenvalue weighted by Gasteiger charge is -2.36. The molecule has 2 fully saturated rings. The van der Waals surface area contributed by atoms with E-state index in [2.05, 4.69) is 68.6 Å². The van der Waals surface area contributed by atoms with Crippen LogP contribution in [0.4, 0.5) is 0 Å². The van der Waals surface area contributed by atoms with Crippen LogP contribution in [0.25, 0.3) is 11.3 Å². The molecule has 0 saturated carbocycles. The van der Waals surface area contributed by atoms with Crippen molar-refractivity contribution < 1.29 is 4.79 Å². The second kappa shape index (κ2) is 12.3. The molecule has 188 valence electrons. The van der Waals surface area contributed by atoms with Crippen LogP contribution in [-0.4, -0.2) is 59.5 Å². The van der Waals surface area contributed by atoms with Crippen LogP contribution in [0.1, 0.15) is 36.8 Å². The van der Waals surface area contributed by atoms with E-state index in [9.17, 15) is 4.79 Å². The van der Waals surface area contributed by atoms with Gasteiger partial charge in [0.15, 0.2) is 0 Å². The third-order valence-electron chi connectivity index (χ3n) is 7.69. The summed E-state index contributed by atoms with van der Waals surface area (Å²) in [6, 6.07) is 24.6. The minimum absolute atomic E-state index is 0.224. The molecule has 1 aromatic heterocycles. The molecule has 36 heavy (non-hydrogen) atoms. The van der Waals surface area contributed by atoms with E-state index in [0.717, 1.165) is 43.1 Å². The molecule has 2 aliphatic heterocycles. The summed E-state index contributed by atoms with van der Waals surface area (Å²) in [5, 5.41) is 3.60. The summed E-state index contributed by atoms with van der Waals surface area (Å²) in [5.74, 6) is 0.967. The maximum Gasteiger partial charge on any atom is 0.240 e. The van der Waals surface area contributed by atoms with Crippen LogP contribution in [0.2, 0.25) is 0 Å². The first-order valence-electron chi connectivity index (χ1n) is 13.5. The number of hydrogen-bond donors (Lipinski definition) is 1. The molecule has 3 aromatic rings. The largest absolute Gasteiger partial charge is 0.341 e. The van der Waals surface area contributed by atoms with E-state index < -0.39 is 0 Å². The van der Waals surface area contributed by atoms with Crippen molar-refractivity contribution in [3.8, 4) is 11.3 Å². The van der Waals surface area contributed by atoms with Crippen LogP contribution < -0.4 is 5.32 Å². The monoisotopic (exact) mass is 482 g/mol. The van der Waals surface area contributed by atoms with Crippen molar-refractivity contribution in [1.82, 2.24) is 20.1 Å². The molecule has 0 radical (unpaired) electrons. The molecule has 1 amide bonds. The number of benzene rings is 2. The zero-order chi connectivity index (χ0) is 24.6. The minimum Gasteiger partial charge on any atom is -0.341 e. The minimum atomic E-state index is -0.224. The summed E-state index contributed by atoms with van der Waals surface area (Å²) in [7, 11) is 0. The lowest BCUT2D eigenvalue weighted by atomic mass is 9.95. The number of carbonyl (C=O) groups is 1. The van der Waals surface area contributed by atoms with E-state index >= 15 is 0 Å². The Balaban J connectivity index is 1.20. The first-order chi connectivity index (χ1) is 17.7. The van der Waals surface area contributed by atoms with Crippen LogP contribution in [-0.2, 0) is 17.8 Å². The van der Waals surface area contributed by atoms with Crippen molar-refractivity contribution in [2.24, 2.45) is 5.92 Å². The standard InChI is InChI=1S/C31H38N4O/c36-31(35-20-15-27(16-21-35)24-34-18-6-7-19-34)30(22-25-8-2-1-3-9-25)33-23-26-11-13-28(14-12-26)29-10-4-5-17-32-29/h1-5,8-14,17,27,30,33H,6-7,15-16,18-24H2. The quantitative estimate of drug-likeness (QED) is 0.477. The van der Waals surface area contributed by atoms with Gasteiger partial charge in [-0.3, -0.25) is 9.78 Å². The molecule has 5 rings (SSSR count). The van der Waals surface area contributed by atoms with Crippen molar-refractivity contribution in [3.63, 3.8) is 0 Å². The van der Waals surface area contributed by atoms with Gasteiger partial charge in [0.05, 0.1) is 11.7 Å². The van der Waals surface area contributed by atoms with Gasteiger partial charge in [-0.2, -0.15) is 0 Å². The topological polar surface area (TPSA) is 48.5 Å². The predicted octanol–water partition coefficient (Wildman–Crippen LogP) is 4.78. The number of nitrogens with zero attached hydrogens (tertiary/aromatic N) is 3. The normalized spacial score (nSPS) is 17.8. The van der Waals surface area contributed by atoms with E-state index in [4.69, 9.17) is 0 Å². The Labute approximate surface area is 215 Å². The maximum atomic E-state index is 13.7. The van der Waals surface area contributed by atoms with Crippen LogP contribution in [0.15, 0.2) is 79.0 Å². The number of aromatic nitrogens is 1. The number of likely N-dealkylation sites (tertiary alicyclic amines) is 2. The second-order valence-electron chi connectivity index (χ2n) is 10.3. The molecule has 0 spiro atoms. The first-order valence-corrected chi connectivity index (χ1v) is 13.5. The average Bonchev–Trinajstić information content (AvgIpc) is 3.45. The zero-order valence-electron chi connectivity index (χ0n) is 21.2. The van der Waals surface area contributed by atoms with Crippen molar-refractivity contribution in [1.29, 1.82) is 0 Å². The second-order valence-corrected chi connectivity index (χ2v) is 10.3. The molecular formula is C31H38N4O. The Morgan fingerprint density at radius 1 is 0.861 bits per heavy atom. The van der Waals surface area contributed by atoms with Gasteiger partial charge in [-0.05, 0) is 74.4 Å². The summed E-state index contributed by atoms with van der Waals surface area (Å²) in [6.07, 6.45) is 7.45. The van der Waals surface area contributed by atoms with Gasteiger partial charge in [0.25, 0.3) is 0 Å². The number of piperidine rings is 1. The third-order valence-corrected chi connectivity index (χ3v) is 7.69. The van der Waals surface area contributed by atoms with Gasteiger partial charge >= 0.3 is 0 Å². The molecule has 5 heteroatoms. The Morgan fingerprint density at radius 2 is 1.58 bits per heavy atom. The van der Waals surface area contributed by atoms with E-state index in [1.54, 1.807) is 0 Å². The van der Waals surface area contributed by atoms with Gasteiger partial charge in [0.2, 0.25) is 5.91 Å². The van der Waals surface area contributed by atoms with Gasteiger partial charge in [-0.1, -0.05) is 60.7 Å². The fraction of sp³-hybridized carbons (Fsp3) is 0.419. The Hall–Kier alpha value is -3.02. The Kier molecular flexibility index (Phi) is 8.42. The van der Waals surface area contributed by atoms with E-state index in [-0.39, 0.29) is 11.9 Å². The average molecular weight is 483 g/mol. The molecule has 3 heterocycles. The lowest BCUT2D eigenvalue weighted by Crippen LogP contribution is -2.50. The Bertz CT molecular complexity index is 1070. The van der Waals surface area contributed by atoms with Crippen LogP contribution in [0, 0.1) is 5.92 Å². The van der Waals surface area contributed by atoms with Crippen molar-refractivity contribution in [2.45, 2.75) is 44.7 Å². The number of hydrogen-bond acceptors (Lipinski definition) is 4. The highest BCUT2D eigenvalue weighted by molar-refractivity contribution is 5.82. The van der Waals surface area contributed by atoms with Crippen molar-refractivity contribution in [3.05, 3.63) is 90.1 Å². The molecule has 2 saturated heterocycles. The summed E-state index contributed by atoms with van der Waals surface area (Å²) in [6.45, 7) is 6.14. The van der Waals surface area contributed by atoms with E-state index in [1.165, 1.54) is 43.6 Å². The van der Waals surface area contributed by atoms with Gasteiger partial charge in [-0.15, -0.1) is 0 Å². The van der Waals surface area contributed by atoms with Crippen LogP contribution in [0.5, 0.6) is 0 Å². The summed E-state index contributed by atoms with van der Waals surface area (Å²) in [5.41, 5.74) is 4.44. The van der Waals surface area contributed by atoms with Crippen molar-refractivity contribution in [2.75, 3.05) is 32.7 Å². The van der Waals surface area contributed by atoms with Crippen LogP contribution >= 0.6 is 0 Å². The molecule has 1 N–H and O–H groups in total. The van der Waals surface area contributed by atoms with Gasteiger partial charge in [0, 0.05) is 37.9 Å². The third kappa shape index (κ3) is 6.59. The van der Waals surface area contributed by atoms with E-state index in [1.807, 2.05) is 30.5 Å². The molecular weight excluding hydrogens is 444 g/mol. The predicted molar refractivity (Wildman–Crippen MR) is 145 cm³/mol. The molecule has 5 nitrogen and oxygen atoms in total. The molecule has 2 aliphatic rings. The number of rotatable bonds is 9. The number of carbonyl (C=O) groups excluding carboxylic acids is 1. The van der Waals surface area contributed by atoms with Crippen molar-refractivity contribution >= 4 is 5.91 Å². The molecule has 0 aliphatic carbocycles. The summed E-state index contributed by atoms with van der Waals surface area (Å²) in [4.78, 5) is 22.8. The maximum absolute atomic E-state index is 13.7. The van der Waals surface area contributed by atoms with Gasteiger partial charge in [-0.25, -0.2) is 0 Å². The molecule has 0 bridgehead atoms.